The van der Waals surface area contributed by atoms with Crippen LogP contribution in [0, 0.1) is 6.92 Å². The topological polar surface area (TPSA) is 80.3 Å². The second-order valence-corrected chi connectivity index (χ2v) is 6.47. The molecule has 3 aromatic rings. The van der Waals surface area contributed by atoms with E-state index in [4.69, 9.17) is 16.3 Å². The first-order chi connectivity index (χ1) is 13.5. The van der Waals surface area contributed by atoms with E-state index in [1.165, 1.54) is 25.6 Å². The lowest BCUT2D eigenvalue weighted by Crippen LogP contribution is -2.17. The molecule has 0 aliphatic heterocycles. The first-order valence-corrected chi connectivity index (χ1v) is 8.82. The molecule has 0 saturated carbocycles. The van der Waals surface area contributed by atoms with Crippen molar-refractivity contribution in [2.75, 3.05) is 17.7 Å². The highest BCUT2D eigenvalue weighted by Crippen LogP contribution is 2.28. The number of hydrogen-bond acceptors (Lipinski definition) is 4. The van der Waals surface area contributed by atoms with Gasteiger partial charge >= 0.3 is 0 Å². The number of para-hydroxylation sites is 1. The van der Waals surface area contributed by atoms with Gasteiger partial charge in [0.05, 0.1) is 23.9 Å². The summed E-state index contributed by atoms with van der Waals surface area (Å²) in [5.41, 5.74) is 2.57. The predicted octanol–water partition coefficient (Wildman–Crippen LogP) is 4.56. The van der Waals surface area contributed by atoms with Gasteiger partial charge in [0.1, 0.15) is 5.75 Å². The summed E-state index contributed by atoms with van der Waals surface area (Å²) in [4.78, 5) is 29.1. The van der Waals surface area contributed by atoms with Crippen molar-refractivity contribution in [2.24, 2.45) is 0 Å². The Hall–Kier alpha value is -3.38. The third-order valence-corrected chi connectivity index (χ3v) is 4.30. The maximum absolute atomic E-state index is 12.6. The molecule has 0 aliphatic rings. The van der Waals surface area contributed by atoms with E-state index in [2.05, 4.69) is 15.6 Å². The number of carbonyl (C=O) groups is 2. The van der Waals surface area contributed by atoms with Crippen molar-refractivity contribution in [1.29, 1.82) is 0 Å². The molecule has 0 spiro atoms. The summed E-state index contributed by atoms with van der Waals surface area (Å²) in [6.07, 6.45) is 2.79. The second kappa shape index (κ2) is 8.54. The van der Waals surface area contributed by atoms with Gasteiger partial charge in [-0.25, -0.2) is 0 Å². The molecule has 3 rings (SSSR count). The highest BCUT2D eigenvalue weighted by atomic mass is 35.5. The summed E-state index contributed by atoms with van der Waals surface area (Å²) in [6.45, 7) is 1.90. The van der Waals surface area contributed by atoms with Gasteiger partial charge in [-0.15, -0.1) is 0 Å². The Kier molecular flexibility index (Phi) is 5.91. The molecule has 0 saturated heterocycles. The van der Waals surface area contributed by atoms with Crippen LogP contribution in [0.3, 0.4) is 0 Å². The van der Waals surface area contributed by atoms with Crippen LogP contribution >= 0.6 is 11.6 Å². The number of rotatable bonds is 5. The Morgan fingerprint density at radius 2 is 1.57 bits per heavy atom. The van der Waals surface area contributed by atoms with Gasteiger partial charge in [-0.1, -0.05) is 29.8 Å². The minimum Gasteiger partial charge on any atom is -0.495 e. The lowest BCUT2D eigenvalue weighted by atomic mass is 10.1. The Morgan fingerprint density at radius 3 is 2.21 bits per heavy atom. The van der Waals surface area contributed by atoms with Crippen molar-refractivity contribution < 1.29 is 14.3 Å². The molecule has 0 fully saturated rings. The average molecular weight is 396 g/mol. The lowest BCUT2D eigenvalue weighted by Gasteiger charge is -2.11. The van der Waals surface area contributed by atoms with Crippen LogP contribution < -0.4 is 15.4 Å². The molecule has 2 N–H and O–H groups in total. The molecule has 7 heteroatoms. The number of benzene rings is 2. The van der Waals surface area contributed by atoms with E-state index < -0.39 is 5.91 Å². The number of aromatic nitrogens is 1. The number of methoxy groups -OCH3 is 1. The van der Waals surface area contributed by atoms with Crippen LogP contribution in [0.15, 0.2) is 60.9 Å². The van der Waals surface area contributed by atoms with Gasteiger partial charge in [-0.2, -0.15) is 0 Å². The number of hydrogen-bond donors (Lipinski definition) is 2. The molecule has 6 nitrogen and oxygen atoms in total. The average Bonchev–Trinajstić information content (AvgIpc) is 2.70. The van der Waals surface area contributed by atoms with Crippen molar-refractivity contribution in [2.45, 2.75) is 6.92 Å². The molecular weight excluding hydrogens is 378 g/mol. The van der Waals surface area contributed by atoms with Crippen molar-refractivity contribution in [3.05, 3.63) is 82.6 Å². The molecule has 142 valence electrons. The summed E-state index contributed by atoms with van der Waals surface area (Å²) in [7, 11) is 1.50. The zero-order valence-corrected chi connectivity index (χ0v) is 16.1. The molecule has 28 heavy (non-hydrogen) atoms. The van der Waals surface area contributed by atoms with E-state index in [9.17, 15) is 9.59 Å². The fraction of sp³-hybridized carbons (Fsp3) is 0.0952. The summed E-state index contributed by atoms with van der Waals surface area (Å²) in [5.74, 6) is -0.311. The fourth-order valence-electron chi connectivity index (χ4n) is 2.57. The fourth-order valence-corrected chi connectivity index (χ4v) is 2.74. The third kappa shape index (κ3) is 4.47. The minimum atomic E-state index is -0.432. The molecule has 0 radical (unpaired) electrons. The number of halogens is 1. The van der Waals surface area contributed by atoms with Crippen LogP contribution in [0.2, 0.25) is 5.02 Å². The third-order valence-electron chi connectivity index (χ3n) is 4.07. The van der Waals surface area contributed by atoms with Crippen LogP contribution in [-0.2, 0) is 0 Å². The standard InChI is InChI=1S/C21H18ClN3O3/c1-13-5-3-4-6-17(13)24-20(26)14-9-15(12-23-11-14)21(27)25-18-10-16(22)7-8-19(18)28-2/h3-12H,1-2H3,(H,24,26)(H,25,27). The quantitative estimate of drug-likeness (QED) is 0.663. The molecule has 0 atom stereocenters. The maximum Gasteiger partial charge on any atom is 0.257 e. The number of pyridine rings is 1. The van der Waals surface area contributed by atoms with E-state index in [-0.39, 0.29) is 17.0 Å². The Bertz CT molecular complexity index is 1040. The monoisotopic (exact) mass is 395 g/mol. The molecule has 1 aromatic heterocycles. The summed E-state index contributed by atoms with van der Waals surface area (Å²) in [6, 6.07) is 13.8. The van der Waals surface area contributed by atoms with Crippen LogP contribution in [0.5, 0.6) is 5.75 Å². The van der Waals surface area contributed by atoms with Gasteiger partial charge in [0, 0.05) is 23.1 Å². The molecule has 2 amide bonds. The number of anilines is 2. The Morgan fingerprint density at radius 1 is 0.929 bits per heavy atom. The van der Waals surface area contributed by atoms with Gasteiger partial charge in [0.25, 0.3) is 11.8 Å². The van der Waals surface area contributed by atoms with Crippen LogP contribution in [0.4, 0.5) is 11.4 Å². The largest absolute Gasteiger partial charge is 0.495 e. The van der Waals surface area contributed by atoms with Crippen LogP contribution in [0.1, 0.15) is 26.3 Å². The van der Waals surface area contributed by atoms with Gasteiger partial charge in [-0.3, -0.25) is 14.6 Å². The van der Waals surface area contributed by atoms with E-state index in [1.54, 1.807) is 18.2 Å². The summed E-state index contributed by atoms with van der Waals surface area (Å²) >= 11 is 5.99. The second-order valence-electron chi connectivity index (χ2n) is 6.03. The zero-order chi connectivity index (χ0) is 20.1. The van der Waals surface area contributed by atoms with Crippen LogP contribution in [0.25, 0.3) is 0 Å². The van der Waals surface area contributed by atoms with E-state index in [1.807, 2.05) is 31.2 Å². The maximum atomic E-state index is 12.6. The molecule has 1 heterocycles. The lowest BCUT2D eigenvalue weighted by molar-refractivity contribution is 0.102. The predicted molar refractivity (Wildman–Crippen MR) is 109 cm³/mol. The van der Waals surface area contributed by atoms with E-state index in [0.717, 1.165) is 5.56 Å². The van der Waals surface area contributed by atoms with Gasteiger partial charge in [-0.05, 0) is 42.8 Å². The molecule has 2 aromatic carbocycles. The minimum absolute atomic E-state index is 0.236. The zero-order valence-electron chi connectivity index (χ0n) is 15.3. The highest BCUT2D eigenvalue weighted by molar-refractivity contribution is 6.31. The number of nitrogens with one attached hydrogen (secondary N) is 2. The number of aryl methyl sites for hydroxylation is 1. The summed E-state index contributed by atoms with van der Waals surface area (Å²) in [5, 5.41) is 6.00. The van der Waals surface area contributed by atoms with Crippen molar-refractivity contribution in [1.82, 2.24) is 4.98 Å². The van der Waals surface area contributed by atoms with Crippen molar-refractivity contribution >= 4 is 34.8 Å². The van der Waals surface area contributed by atoms with Crippen molar-refractivity contribution in [3.63, 3.8) is 0 Å². The number of carbonyl (C=O) groups excluding carboxylic acids is 2. The SMILES string of the molecule is COc1ccc(Cl)cc1NC(=O)c1cncc(C(=O)Nc2ccccc2C)c1. The normalized spacial score (nSPS) is 10.2. The van der Waals surface area contributed by atoms with Crippen LogP contribution in [-0.4, -0.2) is 23.9 Å². The van der Waals surface area contributed by atoms with Crippen molar-refractivity contribution in [3.8, 4) is 5.75 Å². The Labute approximate surface area is 167 Å². The summed E-state index contributed by atoms with van der Waals surface area (Å²) < 4.78 is 5.22. The molecule has 0 bridgehead atoms. The van der Waals surface area contributed by atoms with Gasteiger partial charge < -0.3 is 15.4 Å². The first-order valence-electron chi connectivity index (χ1n) is 8.45. The highest BCUT2D eigenvalue weighted by Gasteiger charge is 2.14. The molecule has 0 aliphatic carbocycles. The smallest absolute Gasteiger partial charge is 0.257 e. The van der Waals surface area contributed by atoms with Gasteiger partial charge in [0.2, 0.25) is 0 Å². The molecule has 0 unspecified atom stereocenters. The molecular formula is C21H18ClN3O3. The number of nitrogens with zero attached hydrogens (tertiary/aromatic N) is 1. The van der Waals surface area contributed by atoms with E-state index >= 15 is 0 Å². The number of ether oxygens (including phenoxy) is 1. The first kappa shape index (κ1) is 19.4. The number of amides is 2. The van der Waals surface area contributed by atoms with E-state index in [0.29, 0.717) is 22.1 Å². The van der Waals surface area contributed by atoms with Gasteiger partial charge in [0.15, 0.2) is 0 Å². The Balaban J connectivity index is 1.79.